The van der Waals surface area contributed by atoms with E-state index >= 15 is 0 Å². The average Bonchev–Trinajstić information content (AvgIpc) is 2.54. The summed E-state index contributed by atoms with van der Waals surface area (Å²) in [4.78, 5) is 15.0. The van der Waals surface area contributed by atoms with Gasteiger partial charge in [0.05, 0.1) is 5.56 Å². The van der Waals surface area contributed by atoms with Crippen LogP contribution in [0.3, 0.4) is 0 Å². The van der Waals surface area contributed by atoms with E-state index in [2.05, 4.69) is 17.4 Å². The Morgan fingerprint density at radius 2 is 1.48 bits per heavy atom. The minimum atomic E-state index is -0.492. The first-order valence-corrected chi connectivity index (χ1v) is 7.77. The van der Waals surface area contributed by atoms with Crippen LogP contribution in [-0.4, -0.2) is 11.6 Å². The molecule has 3 heteroatoms. The highest BCUT2D eigenvalue weighted by atomic mass is 16.2. The molecule has 0 saturated heterocycles. The number of hydrogen-bond acceptors (Lipinski definition) is 2. The highest BCUT2D eigenvalue weighted by Gasteiger charge is 2.38. The highest BCUT2D eigenvalue weighted by molar-refractivity contribution is 6.14. The Bertz CT molecular complexity index is 900. The zero-order chi connectivity index (χ0) is 16.0. The maximum atomic E-state index is 13.2. The Balaban J connectivity index is 1.91. The van der Waals surface area contributed by atoms with E-state index in [0.29, 0.717) is 5.56 Å². The summed E-state index contributed by atoms with van der Waals surface area (Å²) in [5.74, 6) is 0.0284. The van der Waals surface area contributed by atoms with Crippen LogP contribution >= 0.6 is 0 Å². The molecule has 1 amide bonds. The van der Waals surface area contributed by atoms with E-state index in [1.54, 1.807) is 0 Å². The quantitative estimate of drug-likeness (QED) is 0.709. The standard InChI is InChI=1S/C20H18N2O/c1-20(2)21-18-13-15-9-7-6-8-14(15)12-17(18)19(23)22(20)16-10-4-3-5-11-16/h3-13,21H,1-2H3. The largest absolute Gasteiger partial charge is 0.362 e. The van der Waals surface area contributed by atoms with Gasteiger partial charge in [-0.2, -0.15) is 0 Å². The lowest BCUT2D eigenvalue weighted by Crippen LogP contribution is -2.56. The summed E-state index contributed by atoms with van der Waals surface area (Å²) in [6, 6.07) is 21.9. The Hall–Kier alpha value is -2.81. The Kier molecular flexibility index (Phi) is 2.91. The topological polar surface area (TPSA) is 32.3 Å². The number of carbonyl (C=O) groups is 1. The summed E-state index contributed by atoms with van der Waals surface area (Å²) in [6.45, 7) is 4.05. The molecule has 1 heterocycles. The molecule has 1 aliphatic heterocycles. The van der Waals surface area contributed by atoms with Crippen molar-refractivity contribution in [2.75, 3.05) is 10.2 Å². The predicted octanol–water partition coefficient (Wildman–Crippen LogP) is 4.65. The fourth-order valence-corrected chi connectivity index (χ4v) is 3.30. The number of para-hydroxylation sites is 1. The van der Waals surface area contributed by atoms with Gasteiger partial charge in [0.15, 0.2) is 0 Å². The highest BCUT2D eigenvalue weighted by Crippen LogP contribution is 2.36. The molecule has 114 valence electrons. The molecular weight excluding hydrogens is 284 g/mol. The number of hydrogen-bond donors (Lipinski definition) is 1. The summed E-state index contributed by atoms with van der Waals surface area (Å²) in [7, 11) is 0. The fraction of sp³-hybridized carbons (Fsp3) is 0.150. The van der Waals surface area contributed by atoms with Gasteiger partial charge in [-0.1, -0.05) is 42.5 Å². The summed E-state index contributed by atoms with van der Waals surface area (Å²) in [5, 5.41) is 5.73. The number of benzene rings is 3. The second-order valence-electron chi connectivity index (χ2n) is 6.41. The van der Waals surface area contributed by atoms with Crippen molar-refractivity contribution in [2.45, 2.75) is 19.5 Å². The molecule has 0 aliphatic carbocycles. The summed E-state index contributed by atoms with van der Waals surface area (Å²) < 4.78 is 0. The van der Waals surface area contributed by atoms with Crippen LogP contribution in [0.2, 0.25) is 0 Å². The Morgan fingerprint density at radius 3 is 2.17 bits per heavy atom. The third-order valence-electron chi connectivity index (χ3n) is 4.33. The van der Waals surface area contributed by atoms with E-state index in [9.17, 15) is 4.79 Å². The van der Waals surface area contributed by atoms with Crippen molar-refractivity contribution in [3.8, 4) is 0 Å². The third kappa shape index (κ3) is 2.16. The number of carbonyl (C=O) groups excluding carboxylic acids is 1. The predicted molar refractivity (Wildman–Crippen MR) is 94.9 cm³/mol. The number of fused-ring (bicyclic) bond motifs is 2. The van der Waals surface area contributed by atoms with Crippen LogP contribution in [0.15, 0.2) is 66.7 Å². The van der Waals surface area contributed by atoms with Gasteiger partial charge in [0, 0.05) is 11.4 Å². The van der Waals surface area contributed by atoms with E-state index in [1.807, 2.05) is 73.3 Å². The van der Waals surface area contributed by atoms with E-state index in [-0.39, 0.29) is 5.91 Å². The van der Waals surface area contributed by atoms with Crippen molar-refractivity contribution in [3.63, 3.8) is 0 Å². The first-order chi connectivity index (χ1) is 11.1. The van der Waals surface area contributed by atoms with Crippen LogP contribution in [0.5, 0.6) is 0 Å². The molecule has 0 spiro atoms. The minimum absolute atomic E-state index is 0.0284. The van der Waals surface area contributed by atoms with Gasteiger partial charge in [0.25, 0.3) is 5.91 Å². The third-order valence-corrected chi connectivity index (χ3v) is 4.33. The molecule has 4 rings (SSSR count). The molecule has 0 fully saturated rings. The molecule has 0 unspecified atom stereocenters. The van der Waals surface area contributed by atoms with E-state index < -0.39 is 5.66 Å². The smallest absolute Gasteiger partial charge is 0.262 e. The number of rotatable bonds is 1. The van der Waals surface area contributed by atoms with Crippen molar-refractivity contribution < 1.29 is 4.79 Å². The molecule has 23 heavy (non-hydrogen) atoms. The van der Waals surface area contributed by atoms with Crippen LogP contribution in [0, 0.1) is 0 Å². The molecule has 0 radical (unpaired) electrons. The van der Waals surface area contributed by atoms with Crippen molar-refractivity contribution >= 4 is 28.1 Å². The van der Waals surface area contributed by atoms with Crippen molar-refractivity contribution in [3.05, 3.63) is 72.3 Å². The molecule has 3 aromatic carbocycles. The summed E-state index contributed by atoms with van der Waals surface area (Å²) in [6.07, 6.45) is 0. The Morgan fingerprint density at radius 1 is 0.870 bits per heavy atom. The molecule has 3 nitrogen and oxygen atoms in total. The second-order valence-corrected chi connectivity index (χ2v) is 6.41. The van der Waals surface area contributed by atoms with Gasteiger partial charge >= 0.3 is 0 Å². The van der Waals surface area contributed by atoms with E-state index in [1.165, 1.54) is 0 Å². The van der Waals surface area contributed by atoms with Crippen molar-refractivity contribution in [1.82, 2.24) is 0 Å². The van der Waals surface area contributed by atoms with Crippen LogP contribution < -0.4 is 10.2 Å². The number of nitrogens with zero attached hydrogens (tertiary/aromatic N) is 1. The van der Waals surface area contributed by atoms with Crippen molar-refractivity contribution in [1.29, 1.82) is 0 Å². The SMILES string of the molecule is CC1(C)Nc2cc3ccccc3cc2C(=O)N1c1ccccc1. The van der Waals surface area contributed by atoms with Gasteiger partial charge < -0.3 is 5.32 Å². The lowest BCUT2D eigenvalue weighted by Gasteiger charge is -2.44. The Labute approximate surface area is 135 Å². The maximum absolute atomic E-state index is 13.2. The van der Waals surface area contributed by atoms with Gasteiger partial charge in [-0.3, -0.25) is 9.69 Å². The lowest BCUT2D eigenvalue weighted by molar-refractivity contribution is 0.0961. The average molecular weight is 302 g/mol. The van der Waals surface area contributed by atoms with Crippen LogP contribution in [0.1, 0.15) is 24.2 Å². The molecule has 0 atom stereocenters. The molecule has 1 N–H and O–H groups in total. The second kappa shape index (κ2) is 4.85. The number of anilines is 2. The molecule has 0 aromatic heterocycles. The molecule has 0 saturated carbocycles. The minimum Gasteiger partial charge on any atom is -0.362 e. The zero-order valence-electron chi connectivity index (χ0n) is 13.2. The fourth-order valence-electron chi connectivity index (χ4n) is 3.30. The molecule has 3 aromatic rings. The van der Waals surface area contributed by atoms with Gasteiger partial charge in [0.1, 0.15) is 5.66 Å². The first-order valence-electron chi connectivity index (χ1n) is 7.77. The van der Waals surface area contributed by atoms with Gasteiger partial charge in [0.2, 0.25) is 0 Å². The molecule has 0 bridgehead atoms. The molecule has 1 aliphatic rings. The number of nitrogens with one attached hydrogen (secondary N) is 1. The van der Waals surface area contributed by atoms with Crippen LogP contribution in [-0.2, 0) is 0 Å². The van der Waals surface area contributed by atoms with E-state index in [0.717, 1.165) is 22.1 Å². The normalized spacial score (nSPS) is 16.1. The maximum Gasteiger partial charge on any atom is 0.262 e. The van der Waals surface area contributed by atoms with Crippen LogP contribution in [0.4, 0.5) is 11.4 Å². The summed E-state index contributed by atoms with van der Waals surface area (Å²) >= 11 is 0. The van der Waals surface area contributed by atoms with E-state index in [4.69, 9.17) is 0 Å². The van der Waals surface area contributed by atoms with Crippen LogP contribution in [0.25, 0.3) is 10.8 Å². The van der Waals surface area contributed by atoms with Gasteiger partial charge in [-0.25, -0.2) is 0 Å². The zero-order valence-corrected chi connectivity index (χ0v) is 13.2. The number of amides is 1. The monoisotopic (exact) mass is 302 g/mol. The summed E-state index contributed by atoms with van der Waals surface area (Å²) in [5.41, 5.74) is 2.01. The van der Waals surface area contributed by atoms with Gasteiger partial charge in [-0.05, 0) is 48.9 Å². The lowest BCUT2D eigenvalue weighted by atomic mass is 9.97. The van der Waals surface area contributed by atoms with Gasteiger partial charge in [-0.15, -0.1) is 0 Å². The molecular formula is C20H18N2O. The van der Waals surface area contributed by atoms with Crippen molar-refractivity contribution in [2.24, 2.45) is 0 Å². The first kappa shape index (κ1) is 13.8.